The average Bonchev–Trinajstić information content (AvgIpc) is 3.11. The Morgan fingerprint density at radius 1 is 1.07 bits per heavy atom. The van der Waals surface area contributed by atoms with Gasteiger partial charge >= 0.3 is 0 Å². The standard InChI is InChI=1S/C20H22FN3O2S/c1-4-24-19(14(2)26-17-11-9-16(25-3)10-12-17)22-23-20(24)27-13-15-7-5-6-8-18(15)21/h5-12,14H,4,13H2,1-3H3. The van der Waals surface area contributed by atoms with Gasteiger partial charge in [-0.2, -0.15) is 0 Å². The molecule has 0 fully saturated rings. The van der Waals surface area contributed by atoms with Gasteiger partial charge in [-0.1, -0.05) is 30.0 Å². The lowest BCUT2D eigenvalue weighted by molar-refractivity contribution is 0.209. The van der Waals surface area contributed by atoms with Crippen molar-refractivity contribution in [2.75, 3.05) is 7.11 Å². The molecule has 0 aliphatic rings. The van der Waals surface area contributed by atoms with E-state index in [-0.39, 0.29) is 11.9 Å². The minimum Gasteiger partial charge on any atom is -0.497 e. The zero-order chi connectivity index (χ0) is 19.2. The molecule has 142 valence electrons. The Balaban J connectivity index is 1.71. The monoisotopic (exact) mass is 387 g/mol. The van der Waals surface area contributed by atoms with Crippen molar-refractivity contribution in [3.8, 4) is 11.5 Å². The Labute approximate surface area is 162 Å². The van der Waals surface area contributed by atoms with E-state index in [2.05, 4.69) is 10.2 Å². The molecule has 5 nitrogen and oxygen atoms in total. The number of hydrogen-bond acceptors (Lipinski definition) is 5. The van der Waals surface area contributed by atoms with Gasteiger partial charge in [0, 0.05) is 12.3 Å². The zero-order valence-electron chi connectivity index (χ0n) is 15.6. The smallest absolute Gasteiger partial charge is 0.191 e. The number of benzene rings is 2. The molecule has 1 atom stereocenters. The van der Waals surface area contributed by atoms with Crippen LogP contribution in [0.1, 0.15) is 31.3 Å². The third-order valence-corrected chi connectivity index (χ3v) is 5.13. The normalized spacial score (nSPS) is 12.0. The van der Waals surface area contributed by atoms with Crippen LogP contribution in [0.4, 0.5) is 4.39 Å². The molecule has 0 N–H and O–H groups in total. The van der Waals surface area contributed by atoms with Crippen LogP contribution in [0.3, 0.4) is 0 Å². The van der Waals surface area contributed by atoms with E-state index in [1.807, 2.05) is 48.7 Å². The number of rotatable bonds is 8. The second-order valence-electron chi connectivity index (χ2n) is 5.90. The third-order valence-electron chi connectivity index (χ3n) is 4.11. The van der Waals surface area contributed by atoms with Gasteiger partial charge in [0.15, 0.2) is 17.1 Å². The van der Waals surface area contributed by atoms with Crippen LogP contribution in [0.5, 0.6) is 11.5 Å². The van der Waals surface area contributed by atoms with Crippen LogP contribution in [0, 0.1) is 5.82 Å². The molecule has 0 amide bonds. The highest BCUT2D eigenvalue weighted by molar-refractivity contribution is 7.98. The molecule has 0 bridgehead atoms. The third kappa shape index (κ3) is 4.60. The molecule has 0 saturated heterocycles. The molecular weight excluding hydrogens is 365 g/mol. The molecule has 0 saturated carbocycles. The second-order valence-corrected chi connectivity index (χ2v) is 6.84. The van der Waals surface area contributed by atoms with Crippen LogP contribution in [0.25, 0.3) is 0 Å². The van der Waals surface area contributed by atoms with Gasteiger partial charge in [0.1, 0.15) is 17.3 Å². The van der Waals surface area contributed by atoms with E-state index in [1.54, 1.807) is 19.2 Å². The highest BCUT2D eigenvalue weighted by Crippen LogP contribution is 2.27. The first-order chi connectivity index (χ1) is 13.1. The van der Waals surface area contributed by atoms with E-state index < -0.39 is 0 Å². The molecule has 1 aromatic heterocycles. The molecule has 0 radical (unpaired) electrons. The summed E-state index contributed by atoms with van der Waals surface area (Å²) in [7, 11) is 1.63. The topological polar surface area (TPSA) is 49.2 Å². The number of hydrogen-bond donors (Lipinski definition) is 0. The summed E-state index contributed by atoms with van der Waals surface area (Å²) in [5, 5.41) is 9.33. The lowest BCUT2D eigenvalue weighted by Crippen LogP contribution is -2.12. The molecule has 3 aromatic rings. The quantitative estimate of drug-likeness (QED) is 0.516. The highest BCUT2D eigenvalue weighted by Gasteiger charge is 2.19. The number of aromatic nitrogens is 3. The van der Waals surface area contributed by atoms with E-state index in [9.17, 15) is 4.39 Å². The van der Waals surface area contributed by atoms with E-state index in [0.29, 0.717) is 17.9 Å². The first-order valence-corrected chi connectivity index (χ1v) is 9.71. The average molecular weight is 387 g/mol. The second kappa shape index (κ2) is 8.90. The Bertz CT molecular complexity index is 883. The fourth-order valence-electron chi connectivity index (χ4n) is 2.67. The van der Waals surface area contributed by atoms with Crippen molar-refractivity contribution in [1.29, 1.82) is 0 Å². The summed E-state index contributed by atoms with van der Waals surface area (Å²) in [4.78, 5) is 0. The summed E-state index contributed by atoms with van der Waals surface area (Å²) in [6.45, 7) is 4.67. The van der Waals surface area contributed by atoms with Crippen LogP contribution in [-0.2, 0) is 12.3 Å². The van der Waals surface area contributed by atoms with Gasteiger partial charge in [-0.25, -0.2) is 4.39 Å². The van der Waals surface area contributed by atoms with E-state index >= 15 is 0 Å². The molecule has 1 heterocycles. The van der Waals surface area contributed by atoms with Crippen LogP contribution in [0.15, 0.2) is 53.7 Å². The summed E-state index contributed by atoms with van der Waals surface area (Å²) in [5.41, 5.74) is 0.650. The minimum atomic E-state index is -0.270. The van der Waals surface area contributed by atoms with Crippen LogP contribution in [-0.4, -0.2) is 21.9 Å². The number of halogens is 1. The SMILES string of the molecule is CCn1c(SCc2ccccc2F)nnc1C(C)Oc1ccc(OC)cc1. The van der Waals surface area contributed by atoms with Gasteiger partial charge in [0.05, 0.1) is 7.11 Å². The van der Waals surface area contributed by atoms with Crippen molar-refractivity contribution in [1.82, 2.24) is 14.8 Å². The van der Waals surface area contributed by atoms with E-state index in [4.69, 9.17) is 9.47 Å². The predicted molar refractivity (Wildman–Crippen MR) is 104 cm³/mol. The summed E-state index contributed by atoms with van der Waals surface area (Å²) >= 11 is 1.47. The summed E-state index contributed by atoms with van der Waals surface area (Å²) in [6.07, 6.45) is -0.270. The van der Waals surface area contributed by atoms with Gasteiger partial charge in [-0.05, 0) is 49.7 Å². The van der Waals surface area contributed by atoms with E-state index in [1.165, 1.54) is 17.8 Å². The maximum absolute atomic E-state index is 13.8. The molecule has 1 unspecified atom stereocenters. The molecule has 2 aromatic carbocycles. The van der Waals surface area contributed by atoms with Gasteiger partial charge < -0.3 is 14.0 Å². The van der Waals surface area contributed by atoms with Gasteiger partial charge in [0.25, 0.3) is 0 Å². The highest BCUT2D eigenvalue weighted by atomic mass is 32.2. The predicted octanol–water partition coefficient (Wildman–Crippen LogP) is 4.88. The molecular formula is C20H22FN3O2S. The zero-order valence-corrected chi connectivity index (χ0v) is 16.4. The minimum absolute atomic E-state index is 0.205. The number of nitrogens with zero attached hydrogens (tertiary/aromatic N) is 3. The van der Waals surface area contributed by atoms with Crippen molar-refractivity contribution in [2.45, 2.75) is 37.4 Å². The molecule has 3 rings (SSSR count). The largest absolute Gasteiger partial charge is 0.497 e. The molecule has 0 spiro atoms. The van der Waals surface area contributed by atoms with Crippen molar-refractivity contribution < 1.29 is 13.9 Å². The lowest BCUT2D eigenvalue weighted by Gasteiger charge is -2.16. The lowest BCUT2D eigenvalue weighted by atomic mass is 10.2. The van der Waals surface area contributed by atoms with Crippen molar-refractivity contribution >= 4 is 11.8 Å². The van der Waals surface area contributed by atoms with Gasteiger partial charge in [0.2, 0.25) is 0 Å². The van der Waals surface area contributed by atoms with Gasteiger partial charge in [-0.15, -0.1) is 10.2 Å². The Morgan fingerprint density at radius 2 is 1.78 bits per heavy atom. The fraction of sp³-hybridized carbons (Fsp3) is 0.300. The van der Waals surface area contributed by atoms with Crippen molar-refractivity contribution in [2.24, 2.45) is 0 Å². The number of methoxy groups -OCH3 is 1. The van der Waals surface area contributed by atoms with Crippen molar-refractivity contribution in [3.05, 3.63) is 65.7 Å². The molecule has 0 aliphatic carbocycles. The molecule has 0 aliphatic heterocycles. The summed E-state index contributed by atoms with van der Waals surface area (Å²) < 4.78 is 27.0. The Kier molecular flexibility index (Phi) is 6.34. The van der Waals surface area contributed by atoms with Crippen LogP contribution in [0.2, 0.25) is 0 Å². The maximum Gasteiger partial charge on any atom is 0.191 e. The maximum atomic E-state index is 13.8. The van der Waals surface area contributed by atoms with Crippen LogP contribution >= 0.6 is 11.8 Å². The summed E-state index contributed by atoms with van der Waals surface area (Å²) in [5.74, 6) is 2.54. The molecule has 27 heavy (non-hydrogen) atoms. The van der Waals surface area contributed by atoms with E-state index in [0.717, 1.165) is 22.5 Å². The first kappa shape index (κ1) is 19.2. The Morgan fingerprint density at radius 3 is 2.44 bits per heavy atom. The Hall–Kier alpha value is -2.54. The van der Waals surface area contributed by atoms with Crippen LogP contribution < -0.4 is 9.47 Å². The summed E-state index contributed by atoms with van der Waals surface area (Å²) in [6, 6.07) is 14.2. The molecule has 7 heteroatoms. The first-order valence-electron chi connectivity index (χ1n) is 8.72. The van der Waals surface area contributed by atoms with Gasteiger partial charge in [-0.3, -0.25) is 0 Å². The number of thioether (sulfide) groups is 1. The number of ether oxygens (including phenoxy) is 2. The van der Waals surface area contributed by atoms with Crippen molar-refractivity contribution in [3.63, 3.8) is 0 Å². The fourth-order valence-corrected chi connectivity index (χ4v) is 3.67.